The average Bonchev–Trinajstić information content (AvgIpc) is 3.03. The minimum Gasteiger partial charge on any atom is -0.377 e. The maximum absolute atomic E-state index is 12.8. The van der Waals surface area contributed by atoms with E-state index < -0.39 is 10.0 Å². The number of sulfonamides is 1. The summed E-state index contributed by atoms with van der Waals surface area (Å²) in [5, 5.41) is 0. The van der Waals surface area contributed by atoms with Crippen molar-refractivity contribution in [3.8, 4) is 0 Å². The molecule has 29 heavy (non-hydrogen) atoms. The van der Waals surface area contributed by atoms with Crippen LogP contribution in [0.2, 0.25) is 0 Å². The molecule has 1 aromatic rings. The van der Waals surface area contributed by atoms with E-state index in [1.165, 1.54) is 0 Å². The van der Waals surface area contributed by atoms with Gasteiger partial charge in [-0.2, -0.15) is 4.31 Å². The smallest absolute Gasteiger partial charge is 0.246 e. The fourth-order valence-corrected chi connectivity index (χ4v) is 5.48. The fraction of sp³-hybridized carbons (Fsp3) is 0.591. The molecule has 7 heteroatoms. The van der Waals surface area contributed by atoms with Crippen molar-refractivity contribution in [3.63, 3.8) is 0 Å². The Kier molecular flexibility index (Phi) is 7.86. The van der Waals surface area contributed by atoms with Crippen molar-refractivity contribution in [1.29, 1.82) is 0 Å². The summed E-state index contributed by atoms with van der Waals surface area (Å²) < 4.78 is 32.9. The van der Waals surface area contributed by atoms with E-state index in [0.29, 0.717) is 31.1 Å². The van der Waals surface area contributed by atoms with Crippen LogP contribution < -0.4 is 0 Å². The van der Waals surface area contributed by atoms with Crippen LogP contribution in [0.4, 0.5) is 0 Å². The lowest BCUT2D eigenvalue weighted by Crippen LogP contribution is -2.42. The Balaban J connectivity index is 1.61. The zero-order valence-electron chi connectivity index (χ0n) is 17.3. The van der Waals surface area contributed by atoms with E-state index in [2.05, 4.69) is 0 Å². The monoisotopic (exact) mass is 420 g/mol. The van der Waals surface area contributed by atoms with Gasteiger partial charge in [-0.25, -0.2) is 8.42 Å². The van der Waals surface area contributed by atoms with E-state index in [-0.39, 0.29) is 12.0 Å². The Morgan fingerprint density at radius 2 is 1.76 bits per heavy atom. The van der Waals surface area contributed by atoms with Crippen LogP contribution in [0.15, 0.2) is 35.2 Å². The highest BCUT2D eigenvalue weighted by Gasteiger charge is 2.25. The van der Waals surface area contributed by atoms with Crippen molar-refractivity contribution in [1.82, 2.24) is 9.21 Å². The molecule has 1 unspecified atom stereocenters. The Morgan fingerprint density at radius 3 is 2.41 bits per heavy atom. The van der Waals surface area contributed by atoms with E-state index in [1.54, 1.807) is 40.7 Å². The van der Waals surface area contributed by atoms with Crippen molar-refractivity contribution < 1.29 is 17.9 Å². The highest BCUT2D eigenvalue weighted by atomic mass is 32.2. The molecular weight excluding hydrogens is 388 g/mol. The molecular formula is C22H32N2O4S. The molecule has 0 N–H and O–H groups in total. The summed E-state index contributed by atoms with van der Waals surface area (Å²) >= 11 is 0. The largest absolute Gasteiger partial charge is 0.377 e. The third-order valence-electron chi connectivity index (χ3n) is 5.59. The van der Waals surface area contributed by atoms with Crippen LogP contribution in [0, 0.1) is 0 Å². The maximum atomic E-state index is 12.8. The Hall–Kier alpha value is -1.70. The van der Waals surface area contributed by atoms with E-state index in [4.69, 9.17) is 4.74 Å². The van der Waals surface area contributed by atoms with E-state index in [1.807, 2.05) is 11.8 Å². The standard InChI is InChI=1S/C22H32N2O4S/c1-2-28-20-8-7-15-23(18-20)22(25)14-11-19-9-12-21(13-10-19)29(26,27)24-16-5-3-4-6-17-24/h9-14,20H,2-8,15-18H2,1H3/b14-11+. The van der Waals surface area contributed by atoms with Crippen LogP contribution in [-0.2, 0) is 19.6 Å². The minimum atomic E-state index is -3.44. The average molecular weight is 421 g/mol. The summed E-state index contributed by atoms with van der Waals surface area (Å²) in [6.07, 6.45) is 9.39. The number of carbonyl (C=O) groups excluding carboxylic acids is 1. The molecule has 0 aliphatic carbocycles. The van der Waals surface area contributed by atoms with Gasteiger partial charge in [0, 0.05) is 38.9 Å². The van der Waals surface area contributed by atoms with Gasteiger partial charge in [0.15, 0.2) is 0 Å². The Labute approximate surface area is 174 Å². The van der Waals surface area contributed by atoms with Gasteiger partial charge in [-0.3, -0.25) is 4.79 Å². The molecule has 6 nitrogen and oxygen atoms in total. The first kappa shape index (κ1) is 22.0. The molecule has 0 aromatic heterocycles. The van der Waals surface area contributed by atoms with Crippen LogP contribution in [-0.4, -0.2) is 62.4 Å². The summed E-state index contributed by atoms with van der Waals surface area (Å²) in [4.78, 5) is 14.6. The molecule has 0 saturated carbocycles. The highest BCUT2D eigenvalue weighted by Crippen LogP contribution is 2.21. The summed E-state index contributed by atoms with van der Waals surface area (Å²) in [5.41, 5.74) is 0.812. The number of nitrogens with zero attached hydrogens (tertiary/aromatic N) is 2. The number of likely N-dealkylation sites (tertiary alicyclic amines) is 1. The predicted octanol–water partition coefficient (Wildman–Crippen LogP) is 3.29. The second-order valence-corrected chi connectivity index (χ2v) is 9.66. The number of rotatable bonds is 6. The Morgan fingerprint density at radius 1 is 1.07 bits per heavy atom. The zero-order chi connectivity index (χ0) is 20.7. The first-order chi connectivity index (χ1) is 14.0. The van der Waals surface area contributed by atoms with Gasteiger partial charge in [0.1, 0.15) is 0 Å². The third kappa shape index (κ3) is 5.90. The van der Waals surface area contributed by atoms with Gasteiger partial charge in [0.25, 0.3) is 0 Å². The van der Waals surface area contributed by atoms with Gasteiger partial charge >= 0.3 is 0 Å². The molecule has 2 aliphatic rings. The van der Waals surface area contributed by atoms with Crippen LogP contribution in [0.1, 0.15) is 51.0 Å². The van der Waals surface area contributed by atoms with Gasteiger partial charge in [0.05, 0.1) is 11.0 Å². The normalized spacial score (nSPS) is 22.0. The molecule has 2 aliphatic heterocycles. The molecule has 160 valence electrons. The van der Waals surface area contributed by atoms with Crippen LogP contribution in [0.5, 0.6) is 0 Å². The SMILES string of the molecule is CCOC1CCCN(C(=O)/C=C/c2ccc(S(=O)(=O)N3CCCCCC3)cc2)C1. The number of benzene rings is 1. The molecule has 3 rings (SSSR count). The van der Waals surface area contributed by atoms with Gasteiger partial charge in [0.2, 0.25) is 15.9 Å². The quantitative estimate of drug-likeness (QED) is 0.663. The lowest BCUT2D eigenvalue weighted by Gasteiger charge is -2.31. The number of hydrogen-bond donors (Lipinski definition) is 0. The van der Waals surface area contributed by atoms with E-state index in [0.717, 1.165) is 50.6 Å². The van der Waals surface area contributed by atoms with Gasteiger partial charge in [-0.05, 0) is 56.4 Å². The lowest BCUT2D eigenvalue weighted by molar-refractivity contribution is -0.129. The number of ether oxygens (including phenoxy) is 1. The topological polar surface area (TPSA) is 66.9 Å². The molecule has 1 aromatic carbocycles. The molecule has 1 atom stereocenters. The number of hydrogen-bond acceptors (Lipinski definition) is 4. The first-order valence-corrected chi connectivity index (χ1v) is 12.1. The van der Waals surface area contributed by atoms with Crippen molar-refractivity contribution >= 4 is 22.0 Å². The van der Waals surface area contributed by atoms with Crippen molar-refractivity contribution in [2.45, 2.75) is 56.4 Å². The molecule has 1 amide bonds. The molecule has 0 bridgehead atoms. The fourth-order valence-electron chi connectivity index (χ4n) is 3.97. The van der Waals surface area contributed by atoms with Crippen molar-refractivity contribution in [2.24, 2.45) is 0 Å². The van der Waals surface area contributed by atoms with Crippen LogP contribution in [0.25, 0.3) is 6.08 Å². The third-order valence-corrected chi connectivity index (χ3v) is 7.51. The van der Waals surface area contributed by atoms with Gasteiger partial charge in [-0.15, -0.1) is 0 Å². The van der Waals surface area contributed by atoms with E-state index >= 15 is 0 Å². The van der Waals surface area contributed by atoms with Crippen LogP contribution in [0.3, 0.4) is 0 Å². The second-order valence-electron chi connectivity index (χ2n) is 7.72. The first-order valence-electron chi connectivity index (χ1n) is 10.7. The summed E-state index contributed by atoms with van der Waals surface area (Å²) in [7, 11) is -3.44. The molecule has 2 heterocycles. The van der Waals surface area contributed by atoms with Crippen LogP contribution >= 0.6 is 0 Å². The highest BCUT2D eigenvalue weighted by molar-refractivity contribution is 7.89. The second kappa shape index (κ2) is 10.4. The number of piperidine rings is 1. The van der Waals surface area contributed by atoms with E-state index in [9.17, 15) is 13.2 Å². The summed E-state index contributed by atoms with van der Waals surface area (Å²) in [6, 6.07) is 6.79. The molecule has 0 spiro atoms. The number of carbonyl (C=O) groups is 1. The van der Waals surface area contributed by atoms with Crippen molar-refractivity contribution in [2.75, 3.05) is 32.8 Å². The zero-order valence-corrected chi connectivity index (χ0v) is 18.1. The summed E-state index contributed by atoms with van der Waals surface area (Å²) in [6.45, 7) is 5.20. The Bertz CT molecular complexity index is 795. The maximum Gasteiger partial charge on any atom is 0.246 e. The summed E-state index contributed by atoms with van der Waals surface area (Å²) in [5.74, 6) is -0.0318. The minimum absolute atomic E-state index is 0.0318. The molecule has 0 radical (unpaired) electrons. The van der Waals surface area contributed by atoms with Gasteiger partial charge < -0.3 is 9.64 Å². The van der Waals surface area contributed by atoms with Crippen molar-refractivity contribution in [3.05, 3.63) is 35.9 Å². The predicted molar refractivity (Wildman–Crippen MR) is 114 cm³/mol. The molecule has 2 saturated heterocycles. The number of amides is 1. The van der Waals surface area contributed by atoms with Gasteiger partial charge in [-0.1, -0.05) is 25.0 Å². The molecule has 2 fully saturated rings. The lowest BCUT2D eigenvalue weighted by atomic mass is 10.1.